The topological polar surface area (TPSA) is 113 Å². The second kappa shape index (κ2) is 11.4. The molecule has 0 fully saturated rings. The van der Waals surface area contributed by atoms with Crippen molar-refractivity contribution in [2.45, 2.75) is 26.9 Å². The molecule has 1 atom stereocenters. The number of benzene rings is 2. The van der Waals surface area contributed by atoms with Gasteiger partial charge in [0.1, 0.15) is 17.1 Å². The fourth-order valence-corrected chi connectivity index (χ4v) is 4.34. The van der Waals surface area contributed by atoms with Crippen molar-refractivity contribution in [2.75, 3.05) is 5.32 Å². The molecule has 0 spiro atoms. The summed E-state index contributed by atoms with van der Waals surface area (Å²) >= 11 is 0. The lowest BCUT2D eigenvalue weighted by Gasteiger charge is -2.11. The first-order valence-corrected chi connectivity index (χ1v) is 13.0. The highest BCUT2D eigenvalue weighted by Gasteiger charge is 2.23. The first-order chi connectivity index (χ1) is 19.7. The number of anilines is 1. The number of carbonyl (C=O) groups excluding carboxylic acids is 2. The molecule has 0 aliphatic rings. The zero-order valence-electron chi connectivity index (χ0n) is 23.1. The van der Waals surface area contributed by atoms with E-state index >= 15 is 0 Å². The van der Waals surface area contributed by atoms with Crippen LogP contribution in [0.1, 0.15) is 23.9 Å². The monoisotopic (exact) mass is 551 g/mol. The molecular weight excluding hydrogens is 522 g/mol. The van der Waals surface area contributed by atoms with Crippen LogP contribution >= 0.6 is 0 Å². The van der Waals surface area contributed by atoms with E-state index in [1.807, 2.05) is 67.6 Å². The Labute approximate surface area is 236 Å². The third-order valence-corrected chi connectivity index (χ3v) is 6.60. The highest BCUT2D eigenvalue weighted by molar-refractivity contribution is 5.97. The van der Waals surface area contributed by atoms with E-state index in [2.05, 4.69) is 10.4 Å². The molecule has 5 rings (SSSR count). The van der Waals surface area contributed by atoms with Gasteiger partial charge in [-0.25, -0.2) is 14.2 Å². The van der Waals surface area contributed by atoms with Gasteiger partial charge in [0.05, 0.1) is 17.1 Å². The molecule has 5 aromatic rings. The molecule has 10 nitrogen and oxygen atoms in total. The van der Waals surface area contributed by atoms with E-state index in [9.17, 15) is 14.4 Å². The van der Waals surface area contributed by atoms with Crippen molar-refractivity contribution in [3.8, 4) is 22.8 Å². The predicted octanol–water partition coefficient (Wildman–Crippen LogP) is 4.82. The largest absolute Gasteiger partial charge is 0.460 e. The Bertz CT molecular complexity index is 1790. The fraction of sp³-hybridized carbons (Fsp3) is 0.161. The minimum atomic E-state index is -1.16. The SMILES string of the molecule is Cc1ccc(-c2nn(-c3ccccc3)cc2/C=C/C(=O)OC(C)C(=O)Nc2c(C)n(C)n(-c3ccccc3)c2=O)o1. The van der Waals surface area contributed by atoms with Crippen LogP contribution in [0.25, 0.3) is 28.9 Å². The Morgan fingerprint density at radius 1 is 0.976 bits per heavy atom. The van der Waals surface area contributed by atoms with Crippen LogP contribution in [-0.4, -0.2) is 37.1 Å². The number of aryl methyl sites for hydroxylation is 1. The van der Waals surface area contributed by atoms with Crippen molar-refractivity contribution in [3.05, 3.63) is 112 Å². The van der Waals surface area contributed by atoms with Gasteiger partial charge in [-0.1, -0.05) is 36.4 Å². The number of esters is 1. The number of ether oxygens (including phenoxy) is 1. The van der Waals surface area contributed by atoms with E-state index in [0.717, 1.165) is 11.4 Å². The maximum Gasteiger partial charge on any atom is 0.331 e. The zero-order chi connectivity index (χ0) is 29.1. The molecule has 0 radical (unpaired) electrons. The number of rotatable bonds is 8. The van der Waals surface area contributed by atoms with Crippen molar-refractivity contribution >= 4 is 23.6 Å². The predicted molar refractivity (Wildman–Crippen MR) is 155 cm³/mol. The molecule has 208 valence electrons. The van der Waals surface area contributed by atoms with Crippen molar-refractivity contribution in [2.24, 2.45) is 7.05 Å². The summed E-state index contributed by atoms with van der Waals surface area (Å²) in [7, 11) is 1.73. The number of carbonyl (C=O) groups is 2. The lowest BCUT2D eigenvalue weighted by Crippen LogP contribution is -2.31. The molecule has 2 aromatic carbocycles. The molecular formula is C31H29N5O5. The molecule has 1 N–H and O–H groups in total. The molecule has 3 heterocycles. The fourth-order valence-electron chi connectivity index (χ4n) is 4.34. The maximum absolute atomic E-state index is 13.1. The average molecular weight is 552 g/mol. The van der Waals surface area contributed by atoms with Crippen LogP contribution < -0.4 is 10.9 Å². The number of nitrogens with one attached hydrogen (secondary N) is 1. The van der Waals surface area contributed by atoms with Crippen molar-refractivity contribution in [1.29, 1.82) is 0 Å². The number of hydrogen-bond donors (Lipinski definition) is 1. The van der Waals surface area contributed by atoms with Gasteiger partial charge in [-0.05, 0) is 63.2 Å². The molecule has 0 bridgehead atoms. The van der Waals surface area contributed by atoms with Crippen LogP contribution in [0, 0.1) is 13.8 Å². The number of amides is 1. The lowest BCUT2D eigenvalue weighted by molar-refractivity contribution is -0.148. The summed E-state index contributed by atoms with van der Waals surface area (Å²) in [6.45, 7) is 5.01. The van der Waals surface area contributed by atoms with E-state index in [1.54, 1.807) is 47.7 Å². The number of nitrogens with zero attached hydrogens (tertiary/aromatic N) is 4. The normalized spacial score (nSPS) is 12.0. The van der Waals surface area contributed by atoms with Gasteiger partial charge in [0.15, 0.2) is 11.9 Å². The molecule has 10 heteroatoms. The van der Waals surface area contributed by atoms with Gasteiger partial charge in [0.2, 0.25) is 0 Å². The molecule has 0 saturated heterocycles. The summed E-state index contributed by atoms with van der Waals surface area (Å²) in [5.41, 5.74) is 2.96. The molecule has 3 aromatic heterocycles. The standard InChI is InChI=1S/C31H29N5O5/c1-20-15-17-26(40-20)29-23(19-35(33-29)24-11-7-5-8-12-24)16-18-27(37)41-22(3)30(38)32-28-21(2)34(4)36(31(28)39)25-13-9-6-10-14-25/h5-19,22H,1-4H3,(H,32,38)/b18-16+. The summed E-state index contributed by atoms with van der Waals surface area (Å²) in [6.07, 6.45) is 3.41. The summed E-state index contributed by atoms with van der Waals surface area (Å²) in [4.78, 5) is 38.7. The van der Waals surface area contributed by atoms with E-state index in [-0.39, 0.29) is 11.2 Å². The molecule has 1 amide bonds. The van der Waals surface area contributed by atoms with E-state index < -0.39 is 18.0 Å². The molecule has 0 aliphatic carbocycles. The van der Waals surface area contributed by atoms with Gasteiger partial charge >= 0.3 is 5.97 Å². The Balaban J connectivity index is 1.31. The van der Waals surface area contributed by atoms with Gasteiger partial charge in [0.25, 0.3) is 11.5 Å². The smallest absolute Gasteiger partial charge is 0.331 e. The van der Waals surface area contributed by atoms with Gasteiger partial charge in [0, 0.05) is 24.9 Å². The van der Waals surface area contributed by atoms with Crippen LogP contribution in [0.4, 0.5) is 5.69 Å². The average Bonchev–Trinajstić information content (AvgIpc) is 3.66. The number of aromatic nitrogens is 4. The Morgan fingerprint density at radius 2 is 1.63 bits per heavy atom. The molecule has 41 heavy (non-hydrogen) atoms. The summed E-state index contributed by atoms with van der Waals surface area (Å²) in [5, 5.41) is 7.27. The van der Waals surface area contributed by atoms with Gasteiger partial charge in [-0.15, -0.1) is 0 Å². The van der Waals surface area contributed by atoms with Crippen LogP contribution in [-0.2, 0) is 21.4 Å². The summed E-state index contributed by atoms with van der Waals surface area (Å²) in [6, 6.07) is 22.3. The van der Waals surface area contributed by atoms with Gasteiger partial charge in [-0.2, -0.15) is 5.10 Å². The Hall–Kier alpha value is -5.38. The third kappa shape index (κ3) is 5.67. The minimum absolute atomic E-state index is 0.117. The van der Waals surface area contributed by atoms with Crippen molar-refractivity contribution in [3.63, 3.8) is 0 Å². The third-order valence-electron chi connectivity index (χ3n) is 6.60. The number of hydrogen-bond acceptors (Lipinski definition) is 6. The second-order valence-electron chi connectivity index (χ2n) is 9.46. The van der Waals surface area contributed by atoms with Crippen molar-refractivity contribution < 1.29 is 18.7 Å². The van der Waals surface area contributed by atoms with Crippen LogP contribution in [0.3, 0.4) is 0 Å². The Morgan fingerprint density at radius 3 is 2.27 bits per heavy atom. The summed E-state index contributed by atoms with van der Waals surface area (Å²) < 4.78 is 15.9. The number of furan rings is 1. The molecule has 0 saturated carbocycles. The minimum Gasteiger partial charge on any atom is -0.460 e. The Kier molecular flexibility index (Phi) is 7.55. The first-order valence-electron chi connectivity index (χ1n) is 13.0. The highest BCUT2D eigenvalue weighted by Crippen LogP contribution is 2.26. The zero-order valence-corrected chi connectivity index (χ0v) is 23.1. The van der Waals surface area contributed by atoms with Crippen LogP contribution in [0.15, 0.2) is 94.3 Å². The highest BCUT2D eigenvalue weighted by atomic mass is 16.5. The van der Waals surface area contributed by atoms with E-state index in [1.165, 1.54) is 17.7 Å². The van der Waals surface area contributed by atoms with E-state index in [4.69, 9.17) is 9.15 Å². The molecule has 0 aliphatic heterocycles. The second-order valence-corrected chi connectivity index (χ2v) is 9.46. The number of para-hydroxylation sites is 2. The molecule has 1 unspecified atom stereocenters. The van der Waals surface area contributed by atoms with Gasteiger partial charge in [-0.3, -0.25) is 14.3 Å². The first kappa shape index (κ1) is 27.2. The summed E-state index contributed by atoms with van der Waals surface area (Å²) in [5.74, 6) is -0.0699. The van der Waals surface area contributed by atoms with E-state index in [0.29, 0.717) is 28.4 Å². The van der Waals surface area contributed by atoms with Crippen LogP contribution in [0.2, 0.25) is 0 Å². The maximum atomic E-state index is 13.1. The van der Waals surface area contributed by atoms with Crippen molar-refractivity contribution in [1.82, 2.24) is 19.1 Å². The quantitative estimate of drug-likeness (QED) is 0.219. The lowest BCUT2D eigenvalue weighted by atomic mass is 10.2. The van der Waals surface area contributed by atoms with Gasteiger partial charge < -0.3 is 14.5 Å². The van der Waals surface area contributed by atoms with Crippen LogP contribution in [0.5, 0.6) is 0 Å².